The molecule has 4 aliphatic heterocycles. The van der Waals surface area contributed by atoms with Crippen molar-refractivity contribution < 1.29 is 18.8 Å². The summed E-state index contributed by atoms with van der Waals surface area (Å²) < 4.78 is 18.6. The van der Waals surface area contributed by atoms with E-state index < -0.39 is 18.3 Å². The fraction of sp³-hybridized carbons (Fsp3) is 0.650. The molecule has 0 saturated carbocycles. The van der Waals surface area contributed by atoms with Crippen molar-refractivity contribution in [3.8, 4) is 5.75 Å². The standard InChI is InChI=1S/C20H27BClNO4/c1-11-9-13-7-8-23(11)18(24)14-10-15(12(2)16(22)17(14)25-13)21-26-19(3,4)20(5,6)27-21/h10-11,13H,7-9H2,1-6H3/t11-,13+/m1/s1. The predicted molar refractivity (Wildman–Crippen MR) is 106 cm³/mol. The van der Waals surface area contributed by atoms with Crippen LogP contribution in [-0.4, -0.2) is 47.8 Å². The van der Waals surface area contributed by atoms with Crippen molar-refractivity contribution in [2.45, 2.75) is 77.7 Å². The number of hydrogen-bond donors (Lipinski definition) is 0. The van der Waals surface area contributed by atoms with Crippen molar-refractivity contribution in [1.29, 1.82) is 0 Å². The molecule has 2 atom stereocenters. The molecular weight excluding hydrogens is 364 g/mol. The van der Waals surface area contributed by atoms with E-state index in [1.54, 1.807) is 0 Å². The smallest absolute Gasteiger partial charge is 0.488 e. The molecule has 2 saturated heterocycles. The number of carbonyl (C=O) groups excluding carboxylic acids is 1. The van der Waals surface area contributed by atoms with E-state index in [2.05, 4.69) is 6.92 Å². The van der Waals surface area contributed by atoms with Gasteiger partial charge in [-0.15, -0.1) is 0 Å². The van der Waals surface area contributed by atoms with Gasteiger partial charge in [0.2, 0.25) is 0 Å². The van der Waals surface area contributed by atoms with Crippen LogP contribution in [0.5, 0.6) is 5.75 Å². The van der Waals surface area contributed by atoms with Gasteiger partial charge in [-0.2, -0.15) is 0 Å². The van der Waals surface area contributed by atoms with E-state index in [0.29, 0.717) is 22.9 Å². The molecular formula is C20H27BClNO4. The zero-order valence-electron chi connectivity index (χ0n) is 16.9. The second kappa shape index (κ2) is 6.13. The molecule has 1 aromatic rings. The minimum atomic E-state index is -0.569. The molecule has 2 fully saturated rings. The van der Waals surface area contributed by atoms with Gasteiger partial charge in [-0.3, -0.25) is 4.79 Å². The number of fused-ring (bicyclic) bond motifs is 2. The predicted octanol–water partition coefficient (Wildman–Crippen LogP) is 3.33. The molecule has 5 nitrogen and oxygen atoms in total. The van der Waals surface area contributed by atoms with E-state index in [9.17, 15) is 4.79 Å². The highest BCUT2D eigenvalue weighted by molar-refractivity contribution is 6.63. The SMILES string of the molecule is Cc1c(B2OC(C)(C)C(C)(C)O2)cc2c(c1Cl)O[C@H]1CCN(C2=O)[C@H](C)C1. The minimum absolute atomic E-state index is 0.0321. The van der Waals surface area contributed by atoms with Crippen LogP contribution in [0.25, 0.3) is 0 Å². The fourth-order valence-corrected chi connectivity index (χ4v) is 4.35. The van der Waals surface area contributed by atoms with E-state index in [0.717, 1.165) is 23.9 Å². The Bertz CT molecular complexity index is 794. The molecule has 1 amide bonds. The van der Waals surface area contributed by atoms with Crippen LogP contribution in [0.1, 0.15) is 63.4 Å². The summed E-state index contributed by atoms with van der Waals surface area (Å²) in [5.74, 6) is 0.469. The molecule has 4 aliphatic rings. The Balaban J connectivity index is 1.82. The Kier molecular flexibility index (Phi) is 4.34. The van der Waals surface area contributed by atoms with Crippen molar-refractivity contribution in [2.24, 2.45) is 0 Å². The molecule has 27 heavy (non-hydrogen) atoms. The lowest BCUT2D eigenvalue weighted by Gasteiger charge is -2.41. The number of halogens is 1. The third kappa shape index (κ3) is 2.88. The number of rotatable bonds is 1. The van der Waals surface area contributed by atoms with Crippen molar-refractivity contribution >= 4 is 30.1 Å². The van der Waals surface area contributed by atoms with Crippen LogP contribution < -0.4 is 10.2 Å². The summed E-state index contributed by atoms with van der Waals surface area (Å²) >= 11 is 6.69. The molecule has 2 bridgehead atoms. The van der Waals surface area contributed by atoms with Gasteiger partial charge < -0.3 is 18.9 Å². The number of ether oxygens (including phenoxy) is 1. The lowest BCUT2D eigenvalue weighted by atomic mass is 9.75. The van der Waals surface area contributed by atoms with Crippen molar-refractivity contribution in [3.05, 3.63) is 22.2 Å². The van der Waals surface area contributed by atoms with Crippen molar-refractivity contribution in [3.63, 3.8) is 0 Å². The maximum absolute atomic E-state index is 13.2. The van der Waals surface area contributed by atoms with E-state index in [4.69, 9.17) is 25.6 Å². The minimum Gasteiger partial charge on any atom is -0.488 e. The van der Waals surface area contributed by atoms with Crippen molar-refractivity contribution in [2.75, 3.05) is 6.54 Å². The average Bonchev–Trinajstić information content (AvgIpc) is 2.78. The van der Waals surface area contributed by atoms with E-state index in [-0.39, 0.29) is 18.1 Å². The first-order chi connectivity index (χ1) is 12.5. The highest BCUT2D eigenvalue weighted by Crippen LogP contribution is 2.40. The Morgan fingerprint density at radius 1 is 1.22 bits per heavy atom. The Morgan fingerprint density at radius 3 is 2.44 bits per heavy atom. The third-order valence-electron chi connectivity index (χ3n) is 6.62. The highest BCUT2D eigenvalue weighted by Gasteiger charge is 2.52. The second-order valence-electron chi connectivity index (χ2n) is 8.98. The number of carbonyl (C=O) groups is 1. The first-order valence-electron chi connectivity index (χ1n) is 9.68. The maximum atomic E-state index is 13.2. The second-order valence-corrected chi connectivity index (χ2v) is 9.36. The zero-order chi connectivity index (χ0) is 19.7. The summed E-state index contributed by atoms with van der Waals surface area (Å²) in [7, 11) is -0.569. The lowest BCUT2D eigenvalue weighted by Crippen LogP contribution is -2.50. The van der Waals surface area contributed by atoms with Gasteiger partial charge in [0.05, 0.1) is 21.8 Å². The summed E-state index contributed by atoms with van der Waals surface area (Å²) in [5, 5.41) is 0.479. The van der Waals surface area contributed by atoms with Gasteiger partial charge in [0.15, 0.2) is 5.75 Å². The number of piperidine rings is 1. The molecule has 7 heteroatoms. The van der Waals surface area contributed by atoms with Gasteiger partial charge in [-0.25, -0.2) is 0 Å². The lowest BCUT2D eigenvalue weighted by molar-refractivity contribution is 0.00578. The monoisotopic (exact) mass is 391 g/mol. The Morgan fingerprint density at radius 2 is 1.85 bits per heavy atom. The molecule has 0 unspecified atom stereocenters. The van der Waals surface area contributed by atoms with E-state index in [1.807, 2.05) is 45.6 Å². The first kappa shape index (κ1) is 19.1. The number of benzene rings is 1. The number of nitrogens with zero attached hydrogens (tertiary/aromatic N) is 1. The van der Waals surface area contributed by atoms with Gasteiger partial charge in [0.1, 0.15) is 6.10 Å². The summed E-state index contributed by atoms with van der Waals surface area (Å²) in [6, 6.07) is 2.01. The largest absolute Gasteiger partial charge is 0.495 e. The number of hydrogen-bond acceptors (Lipinski definition) is 4. The molecule has 1 aromatic carbocycles. The summed E-state index contributed by atoms with van der Waals surface area (Å²) in [6.45, 7) is 12.8. The van der Waals surface area contributed by atoms with Gasteiger partial charge in [0, 0.05) is 25.4 Å². The normalized spacial score (nSPS) is 28.6. The van der Waals surface area contributed by atoms with E-state index in [1.165, 1.54) is 0 Å². The van der Waals surface area contributed by atoms with Crippen LogP contribution in [-0.2, 0) is 9.31 Å². The zero-order valence-corrected chi connectivity index (χ0v) is 17.6. The molecule has 0 radical (unpaired) electrons. The summed E-state index contributed by atoms with van der Waals surface area (Å²) in [4.78, 5) is 15.2. The molecule has 4 heterocycles. The van der Waals surface area contributed by atoms with Crippen LogP contribution >= 0.6 is 11.6 Å². The van der Waals surface area contributed by atoms with Crippen molar-refractivity contribution in [1.82, 2.24) is 4.90 Å². The highest BCUT2D eigenvalue weighted by atomic mass is 35.5. The molecule has 0 spiro atoms. The average molecular weight is 392 g/mol. The first-order valence-corrected chi connectivity index (χ1v) is 10.1. The fourth-order valence-electron chi connectivity index (χ4n) is 4.09. The quantitative estimate of drug-likeness (QED) is 0.689. The van der Waals surface area contributed by atoms with Crippen LogP contribution in [0.2, 0.25) is 5.02 Å². The van der Waals surface area contributed by atoms with Crippen LogP contribution in [0, 0.1) is 6.92 Å². The van der Waals surface area contributed by atoms with Crippen LogP contribution in [0.15, 0.2) is 6.07 Å². The summed E-state index contributed by atoms with van der Waals surface area (Å²) in [6.07, 6.45) is 1.76. The van der Waals surface area contributed by atoms with Crippen LogP contribution in [0.4, 0.5) is 0 Å². The number of amides is 1. The van der Waals surface area contributed by atoms with Gasteiger partial charge in [-0.1, -0.05) is 11.6 Å². The maximum Gasteiger partial charge on any atom is 0.495 e. The van der Waals surface area contributed by atoms with Gasteiger partial charge >= 0.3 is 7.12 Å². The Hall–Kier alpha value is -1.24. The topological polar surface area (TPSA) is 48.0 Å². The Labute approximate surface area is 166 Å². The molecule has 5 rings (SSSR count). The van der Waals surface area contributed by atoms with E-state index >= 15 is 0 Å². The third-order valence-corrected chi connectivity index (χ3v) is 7.07. The molecule has 146 valence electrons. The molecule has 0 aliphatic carbocycles. The molecule has 0 aromatic heterocycles. The summed E-state index contributed by atoms with van der Waals surface area (Å²) in [5.41, 5.74) is 1.21. The molecule has 0 N–H and O–H groups in total. The van der Waals surface area contributed by atoms with Gasteiger partial charge in [0.25, 0.3) is 5.91 Å². The van der Waals surface area contributed by atoms with Gasteiger partial charge in [-0.05, 0) is 58.6 Å². The van der Waals surface area contributed by atoms with Crippen LogP contribution in [0.3, 0.4) is 0 Å².